The standard InChI is InChI=1S/C24H26ClFN2O5S/c1-2-33-23(30)24(26)11-14-27(15-12-24)34(31,32)21-10-9-17(28-13-5-8-22(28)29)16-19(21)18-6-3-4-7-20(18)25/h3-4,6-7,9-10,16H,2,5,8,11-15H2,1H3. The van der Waals surface area contributed by atoms with Crippen molar-refractivity contribution in [3.63, 3.8) is 0 Å². The van der Waals surface area contributed by atoms with Crippen LogP contribution in [-0.4, -0.2) is 56.5 Å². The van der Waals surface area contributed by atoms with Gasteiger partial charge in [0.05, 0.1) is 11.5 Å². The molecule has 182 valence electrons. The number of rotatable bonds is 6. The summed E-state index contributed by atoms with van der Waals surface area (Å²) in [5.41, 5.74) is -0.724. The van der Waals surface area contributed by atoms with Crippen molar-refractivity contribution in [1.82, 2.24) is 4.31 Å². The summed E-state index contributed by atoms with van der Waals surface area (Å²) < 4.78 is 48.3. The molecule has 2 fully saturated rings. The van der Waals surface area contributed by atoms with E-state index in [0.29, 0.717) is 34.8 Å². The fraction of sp³-hybridized carbons (Fsp3) is 0.417. The van der Waals surface area contributed by atoms with Gasteiger partial charge in [-0.15, -0.1) is 0 Å². The summed E-state index contributed by atoms with van der Waals surface area (Å²) in [7, 11) is -4.05. The van der Waals surface area contributed by atoms with E-state index in [1.165, 1.54) is 10.4 Å². The van der Waals surface area contributed by atoms with E-state index in [-0.39, 0.29) is 43.3 Å². The van der Waals surface area contributed by atoms with Crippen LogP contribution in [-0.2, 0) is 24.3 Å². The van der Waals surface area contributed by atoms with Gasteiger partial charge in [0.25, 0.3) is 0 Å². The van der Waals surface area contributed by atoms with Gasteiger partial charge in [-0.2, -0.15) is 4.31 Å². The first-order valence-electron chi connectivity index (χ1n) is 11.2. The van der Waals surface area contributed by atoms with E-state index in [2.05, 4.69) is 0 Å². The summed E-state index contributed by atoms with van der Waals surface area (Å²) in [6, 6.07) is 11.6. The molecule has 2 saturated heterocycles. The number of nitrogens with zero attached hydrogens (tertiary/aromatic N) is 2. The van der Waals surface area contributed by atoms with Crippen LogP contribution in [0.1, 0.15) is 32.6 Å². The molecule has 2 aromatic carbocycles. The van der Waals surface area contributed by atoms with Gasteiger partial charge in [0, 0.05) is 60.7 Å². The van der Waals surface area contributed by atoms with Crippen molar-refractivity contribution < 1.29 is 27.1 Å². The van der Waals surface area contributed by atoms with E-state index < -0.39 is 21.7 Å². The smallest absolute Gasteiger partial charge is 0.343 e. The number of amides is 1. The summed E-state index contributed by atoms with van der Waals surface area (Å²) in [4.78, 5) is 25.9. The number of hydrogen-bond acceptors (Lipinski definition) is 5. The molecule has 1 amide bonds. The minimum absolute atomic E-state index is 0.0125. The molecule has 2 aliphatic heterocycles. The number of sulfonamides is 1. The predicted molar refractivity (Wildman–Crippen MR) is 127 cm³/mol. The van der Waals surface area contributed by atoms with Crippen molar-refractivity contribution in [3.8, 4) is 11.1 Å². The second kappa shape index (κ2) is 9.64. The number of carbonyl (C=O) groups excluding carboxylic acids is 2. The molecule has 10 heteroatoms. The maximum Gasteiger partial charge on any atom is 0.343 e. The van der Waals surface area contributed by atoms with Crippen LogP contribution < -0.4 is 4.90 Å². The van der Waals surface area contributed by atoms with Crippen molar-refractivity contribution in [2.75, 3.05) is 31.1 Å². The van der Waals surface area contributed by atoms with Gasteiger partial charge >= 0.3 is 5.97 Å². The molecule has 7 nitrogen and oxygen atoms in total. The Kier molecular flexibility index (Phi) is 6.98. The molecule has 2 heterocycles. The zero-order chi connectivity index (χ0) is 24.5. The molecular weight excluding hydrogens is 483 g/mol. The number of hydrogen-bond donors (Lipinski definition) is 0. The van der Waals surface area contributed by atoms with Gasteiger partial charge < -0.3 is 9.64 Å². The molecule has 0 N–H and O–H groups in total. The Morgan fingerprint density at radius 1 is 1.12 bits per heavy atom. The van der Waals surface area contributed by atoms with E-state index in [9.17, 15) is 18.0 Å². The van der Waals surface area contributed by atoms with Crippen molar-refractivity contribution in [2.45, 2.75) is 43.2 Å². The molecule has 0 aliphatic carbocycles. The number of esters is 1. The van der Waals surface area contributed by atoms with E-state index in [1.54, 1.807) is 48.2 Å². The van der Waals surface area contributed by atoms with Crippen LogP contribution in [0.3, 0.4) is 0 Å². The van der Waals surface area contributed by atoms with Crippen LogP contribution in [0.25, 0.3) is 11.1 Å². The maximum atomic E-state index is 15.0. The third kappa shape index (κ3) is 4.56. The van der Waals surface area contributed by atoms with Gasteiger partial charge in [0.1, 0.15) is 0 Å². The Labute approximate surface area is 203 Å². The minimum atomic E-state index is -4.05. The van der Waals surface area contributed by atoms with Crippen LogP contribution in [0.15, 0.2) is 47.4 Å². The van der Waals surface area contributed by atoms with E-state index >= 15 is 4.39 Å². The monoisotopic (exact) mass is 508 g/mol. The Balaban J connectivity index is 1.71. The zero-order valence-corrected chi connectivity index (χ0v) is 20.4. The quantitative estimate of drug-likeness (QED) is 0.546. The molecule has 0 spiro atoms. The van der Waals surface area contributed by atoms with Gasteiger partial charge in [0.15, 0.2) is 0 Å². The average molecular weight is 509 g/mol. The van der Waals surface area contributed by atoms with Gasteiger partial charge in [-0.1, -0.05) is 29.8 Å². The van der Waals surface area contributed by atoms with E-state index in [1.807, 2.05) is 0 Å². The first kappa shape index (κ1) is 24.6. The van der Waals surface area contributed by atoms with Crippen molar-refractivity contribution in [1.29, 1.82) is 0 Å². The van der Waals surface area contributed by atoms with Gasteiger partial charge in [-0.25, -0.2) is 17.6 Å². The number of ether oxygens (including phenoxy) is 1. The average Bonchev–Trinajstić information content (AvgIpc) is 3.25. The molecule has 0 radical (unpaired) electrons. The number of alkyl halides is 1. The fourth-order valence-corrected chi connectivity index (χ4v) is 6.27. The fourth-order valence-electron chi connectivity index (χ4n) is 4.41. The molecule has 0 bridgehead atoms. The highest BCUT2D eigenvalue weighted by atomic mass is 35.5. The lowest BCUT2D eigenvalue weighted by Gasteiger charge is -2.34. The van der Waals surface area contributed by atoms with Gasteiger partial charge in [-0.3, -0.25) is 4.79 Å². The van der Waals surface area contributed by atoms with Crippen molar-refractivity contribution >= 4 is 39.2 Å². The number of benzene rings is 2. The molecule has 4 rings (SSSR count). The van der Waals surface area contributed by atoms with Gasteiger partial charge in [0.2, 0.25) is 21.6 Å². The van der Waals surface area contributed by atoms with E-state index in [4.69, 9.17) is 16.3 Å². The summed E-state index contributed by atoms with van der Waals surface area (Å²) in [6.07, 6.45) is 0.611. The number of halogens is 2. The largest absolute Gasteiger partial charge is 0.464 e. The topological polar surface area (TPSA) is 84.0 Å². The minimum Gasteiger partial charge on any atom is -0.464 e. The first-order chi connectivity index (χ1) is 16.2. The second-order valence-electron chi connectivity index (χ2n) is 8.40. The number of anilines is 1. The Bertz CT molecular complexity index is 1210. The van der Waals surface area contributed by atoms with Crippen LogP contribution >= 0.6 is 11.6 Å². The van der Waals surface area contributed by atoms with Crippen molar-refractivity contribution in [3.05, 3.63) is 47.5 Å². The molecule has 2 aromatic rings. The highest BCUT2D eigenvalue weighted by Crippen LogP contribution is 2.39. The second-order valence-corrected chi connectivity index (χ2v) is 10.7. The Morgan fingerprint density at radius 2 is 1.82 bits per heavy atom. The molecule has 0 unspecified atom stereocenters. The van der Waals surface area contributed by atoms with Crippen LogP contribution in [0.2, 0.25) is 5.02 Å². The third-order valence-electron chi connectivity index (χ3n) is 6.29. The lowest BCUT2D eigenvalue weighted by atomic mass is 9.95. The van der Waals surface area contributed by atoms with Crippen molar-refractivity contribution in [2.24, 2.45) is 0 Å². The lowest BCUT2D eigenvalue weighted by Crippen LogP contribution is -2.49. The van der Waals surface area contributed by atoms with Crippen LogP contribution in [0, 0.1) is 0 Å². The number of carbonyl (C=O) groups is 2. The highest BCUT2D eigenvalue weighted by Gasteiger charge is 2.46. The highest BCUT2D eigenvalue weighted by molar-refractivity contribution is 7.89. The molecule has 0 saturated carbocycles. The molecule has 0 atom stereocenters. The van der Waals surface area contributed by atoms with Crippen LogP contribution in [0.4, 0.5) is 10.1 Å². The SMILES string of the molecule is CCOC(=O)C1(F)CCN(S(=O)(=O)c2ccc(N3CCCC3=O)cc2-c2ccccc2Cl)CC1. The normalized spacial score (nSPS) is 18.8. The molecule has 2 aliphatic rings. The summed E-state index contributed by atoms with van der Waals surface area (Å²) in [5.74, 6) is -0.974. The predicted octanol–water partition coefficient (Wildman–Crippen LogP) is 4.19. The first-order valence-corrected chi connectivity index (χ1v) is 13.0. The maximum absolute atomic E-state index is 15.0. The van der Waals surface area contributed by atoms with E-state index in [0.717, 1.165) is 6.42 Å². The third-order valence-corrected chi connectivity index (χ3v) is 8.57. The molecular formula is C24H26ClFN2O5S. The summed E-state index contributed by atoms with van der Waals surface area (Å²) >= 11 is 6.42. The lowest BCUT2D eigenvalue weighted by molar-refractivity contribution is -0.160. The number of piperidine rings is 1. The van der Waals surface area contributed by atoms with Gasteiger partial charge in [-0.05, 0) is 37.6 Å². The molecule has 0 aromatic heterocycles. The summed E-state index contributed by atoms with van der Waals surface area (Å²) in [6.45, 7) is 1.89. The zero-order valence-electron chi connectivity index (χ0n) is 18.8. The Hall–Kier alpha value is -2.49. The van der Waals surface area contributed by atoms with Crippen LogP contribution in [0.5, 0.6) is 0 Å². The molecule has 34 heavy (non-hydrogen) atoms. The Morgan fingerprint density at radius 3 is 2.44 bits per heavy atom. The summed E-state index contributed by atoms with van der Waals surface area (Å²) in [5, 5.41) is 0.368.